The molecule has 1 amide bonds. The molecule has 0 spiro atoms. The van der Waals surface area contributed by atoms with E-state index in [0.29, 0.717) is 0 Å². The van der Waals surface area contributed by atoms with Gasteiger partial charge in [-0.1, -0.05) is 0 Å². The van der Waals surface area contributed by atoms with Crippen molar-refractivity contribution >= 4 is 23.2 Å². The van der Waals surface area contributed by atoms with Crippen LogP contribution in [-0.4, -0.2) is 46.1 Å². The second-order valence-corrected chi connectivity index (χ2v) is 4.90. The van der Waals surface area contributed by atoms with Gasteiger partial charge in [0.15, 0.2) is 0 Å². The Morgan fingerprint density at radius 1 is 1.42 bits per heavy atom. The van der Waals surface area contributed by atoms with Gasteiger partial charge in [-0.2, -0.15) is 13.2 Å². The molecular formula is C10H9F3N2O3S. The van der Waals surface area contributed by atoms with Crippen LogP contribution in [0.3, 0.4) is 0 Å². The molecule has 1 aliphatic rings. The third-order valence-electron chi connectivity index (χ3n) is 3.00. The maximum absolute atomic E-state index is 12.7. The van der Waals surface area contributed by atoms with Gasteiger partial charge in [-0.05, 0) is 0 Å². The highest BCUT2D eigenvalue weighted by Crippen LogP contribution is 2.38. The molecule has 1 aliphatic heterocycles. The van der Waals surface area contributed by atoms with Gasteiger partial charge in [0.05, 0.1) is 17.3 Å². The fourth-order valence-corrected chi connectivity index (χ4v) is 2.56. The first kappa shape index (κ1) is 13.8. The molecule has 104 valence electrons. The number of hydrogen-bond acceptors (Lipinski definition) is 4. The minimum Gasteiger partial charge on any atom is -0.481 e. The Labute approximate surface area is 109 Å². The van der Waals surface area contributed by atoms with Crippen LogP contribution in [-0.2, 0) is 4.79 Å². The lowest BCUT2D eigenvalue weighted by atomic mass is 9.96. The van der Waals surface area contributed by atoms with Crippen LogP contribution in [0.5, 0.6) is 0 Å². The van der Waals surface area contributed by atoms with E-state index in [1.165, 1.54) is 10.9 Å². The second kappa shape index (κ2) is 4.80. The molecule has 1 N–H and O–H groups in total. The highest BCUT2D eigenvalue weighted by Gasteiger charge is 2.53. The molecule has 1 saturated heterocycles. The van der Waals surface area contributed by atoms with Gasteiger partial charge in [0.25, 0.3) is 5.91 Å². The van der Waals surface area contributed by atoms with Gasteiger partial charge in [0.1, 0.15) is 5.69 Å². The molecule has 9 heteroatoms. The van der Waals surface area contributed by atoms with E-state index >= 15 is 0 Å². The molecule has 0 radical (unpaired) electrons. The number of nitrogens with zero attached hydrogens (tertiary/aromatic N) is 2. The van der Waals surface area contributed by atoms with Crippen molar-refractivity contribution in [1.82, 2.24) is 9.88 Å². The summed E-state index contributed by atoms with van der Waals surface area (Å²) in [6, 6.07) is 0. The van der Waals surface area contributed by atoms with Crippen LogP contribution in [0.15, 0.2) is 10.9 Å². The van der Waals surface area contributed by atoms with E-state index in [2.05, 4.69) is 4.98 Å². The van der Waals surface area contributed by atoms with Gasteiger partial charge in [-0.25, -0.2) is 4.98 Å². The monoisotopic (exact) mass is 294 g/mol. The van der Waals surface area contributed by atoms with Crippen LogP contribution < -0.4 is 0 Å². The van der Waals surface area contributed by atoms with Gasteiger partial charge in [-0.15, -0.1) is 11.3 Å². The number of thiazole rings is 1. The maximum Gasteiger partial charge on any atom is 0.394 e. The lowest BCUT2D eigenvalue weighted by molar-refractivity contribution is -0.187. The van der Waals surface area contributed by atoms with Crippen LogP contribution in [0.4, 0.5) is 13.2 Å². The van der Waals surface area contributed by atoms with Crippen molar-refractivity contribution in [2.75, 3.05) is 13.1 Å². The minimum absolute atomic E-state index is 0.0389. The van der Waals surface area contributed by atoms with Gasteiger partial charge in [0, 0.05) is 18.5 Å². The van der Waals surface area contributed by atoms with E-state index in [4.69, 9.17) is 5.11 Å². The van der Waals surface area contributed by atoms with Crippen molar-refractivity contribution in [3.05, 3.63) is 16.6 Å². The Hall–Kier alpha value is -1.64. The van der Waals surface area contributed by atoms with E-state index in [1.54, 1.807) is 0 Å². The third kappa shape index (κ3) is 2.70. The topological polar surface area (TPSA) is 70.5 Å². The Morgan fingerprint density at radius 2 is 2.11 bits per heavy atom. The molecule has 1 aromatic rings. The molecule has 0 saturated carbocycles. The van der Waals surface area contributed by atoms with E-state index in [0.717, 1.165) is 16.2 Å². The largest absolute Gasteiger partial charge is 0.481 e. The highest BCUT2D eigenvalue weighted by atomic mass is 32.1. The summed E-state index contributed by atoms with van der Waals surface area (Å²) in [7, 11) is 0. The average Bonchev–Trinajstić information content (AvgIpc) is 2.96. The maximum atomic E-state index is 12.7. The number of alkyl halides is 3. The van der Waals surface area contributed by atoms with E-state index in [1.807, 2.05) is 0 Å². The average molecular weight is 294 g/mol. The predicted octanol–water partition coefficient (Wildman–Crippen LogP) is 1.48. The number of likely N-dealkylation sites (tertiary alicyclic amines) is 1. The van der Waals surface area contributed by atoms with Gasteiger partial charge < -0.3 is 10.0 Å². The summed E-state index contributed by atoms with van der Waals surface area (Å²) >= 11 is 1.14. The molecule has 0 unspecified atom stereocenters. The first-order valence-electron chi connectivity index (χ1n) is 5.27. The summed E-state index contributed by atoms with van der Waals surface area (Å²) in [6.07, 6.45) is -4.64. The third-order valence-corrected chi connectivity index (χ3v) is 3.58. The first-order chi connectivity index (χ1) is 8.80. The number of aromatic nitrogens is 1. The van der Waals surface area contributed by atoms with Crippen LogP contribution in [0, 0.1) is 11.8 Å². The van der Waals surface area contributed by atoms with Crippen LogP contribution in [0.1, 0.15) is 10.5 Å². The number of rotatable bonds is 2. The van der Waals surface area contributed by atoms with E-state index < -0.39 is 43.0 Å². The zero-order valence-electron chi connectivity index (χ0n) is 9.42. The molecule has 5 nitrogen and oxygen atoms in total. The predicted molar refractivity (Wildman–Crippen MR) is 58.7 cm³/mol. The van der Waals surface area contributed by atoms with Gasteiger partial charge in [0.2, 0.25) is 0 Å². The number of carbonyl (C=O) groups excluding carboxylic acids is 1. The Balaban J connectivity index is 2.19. The fraction of sp³-hybridized carbons (Fsp3) is 0.500. The molecular weight excluding hydrogens is 285 g/mol. The molecule has 19 heavy (non-hydrogen) atoms. The summed E-state index contributed by atoms with van der Waals surface area (Å²) < 4.78 is 38.2. The smallest absolute Gasteiger partial charge is 0.394 e. The van der Waals surface area contributed by atoms with Crippen molar-refractivity contribution in [1.29, 1.82) is 0 Å². The Bertz CT molecular complexity index is 489. The summed E-state index contributed by atoms with van der Waals surface area (Å²) in [6.45, 7) is -1.09. The Morgan fingerprint density at radius 3 is 2.53 bits per heavy atom. The van der Waals surface area contributed by atoms with Crippen LogP contribution in [0.2, 0.25) is 0 Å². The molecule has 2 heterocycles. The van der Waals surface area contributed by atoms with Crippen molar-refractivity contribution in [2.24, 2.45) is 11.8 Å². The van der Waals surface area contributed by atoms with Crippen molar-refractivity contribution in [3.8, 4) is 0 Å². The number of carboxylic acid groups (broad SMARTS) is 1. The van der Waals surface area contributed by atoms with Gasteiger partial charge >= 0.3 is 12.1 Å². The molecule has 1 aromatic heterocycles. The lowest BCUT2D eigenvalue weighted by Crippen LogP contribution is -2.34. The summed E-state index contributed by atoms with van der Waals surface area (Å²) in [5.74, 6) is -5.87. The zero-order chi connectivity index (χ0) is 14.2. The number of carbonyl (C=O) groups is 2. The van der Waals surface area contributed by atoms with E-state index in [-0.39, 0.29) is 5.69 Å². The number of hydrogen-bond donors (Lipinski definition) is 1. The zero-order valence-corrected chi connectivity index (χ0v) is 10.2. The summed E-state index contributed by atoms with van der Waals surface area (Å²) in [4.78, 5) is 27.3. The van der Waals surface area contributed by atoms with E-state index in [9.17, 15) is 22.8 Å². The quantitative estimate of drug-likeness (QED) is 0.897. The molecule has 0 aliphatic carbocycles. The number of amides is 1. The molecule has 0 bridgehead atoms. The normalized spacial score (nSPS) is 23.6. The molecule has 0 aromatic carbocycles. The van der Waals surface area contributed by atoms with Crippen molar-refractivity contribution in [3.63, 3.8) is 0 Å². The van der Waals surface area contributed by atoms with Crippen LogP contribution in [0.25, 0.3) is 0 Å². The highest BCUT2D eigenvalue weighted by molar-refractivity contribution is 7.07. The number of aliphatic carboxylic acids is 1. The summed E-state index contributed by atoms with van der Waals surface area (Å²) in [5.41, 5.74) is 1.43. The number of halogens is 3. The Kier molecular flexibility index (Phi) is 3.48. The SMILES string of the molecule is O=C(O)[C@@H]1CN(C(=O)c2cscn2)C[C@H]1C(F)(F)F. The number of carboxylic acids is 1. The fourth-order valence-electron chi connectivity index (χ4n) is 2.03. The second-order valence-electron chi connectivity index (χ2n) is 4.18. The molecule has 2 rings (SSSR count). The summed E-state index contributed by atoms with van der Waals surface area (Å²) in [5, 5.41) is 10.2. The van der Waals surface area contributed by atoms with Crippen molar-refractivity contribution in [2.45, 2.75) is 6.18 Å². The van der Waals surface area contributed by atoms with Gasteiger partial charge in [-0.3, -0.25) is 9.59 Å². The molecule has 1 fully saturated rings. The van der Waals surface area contributed by atoms with Crippen LogP contribution >= 0.6 is 11.3 Å². The lowest BCUT2D eigenvalue weighted by Gasteiger charge is -2.17. The van der Waals surface area contributed by atoms with Crippen molar-refractivity contribution < 1.29 is 27.9 Å². The molecule has 2 atom stereocenters. The first-order valence-corrected chi connectivity index (χ1v) is 6.22. The minimum atomic E-state index is -4.64. The standard InChI is InChI=1S/C10H9F3N2O3S/c11-10(12,13)6-2-15(1-5(6)9(17)18)8(16)7-3-19-4-14-7/h3-6H,1-2H2,(H,17,18)/t5-,6-/m1/s1.